The Morgan fingerprint density at radius 2 is 1.72 bits per heavy atom. The highest BCUT2D eigenvalue weighted by atomic mass is 32.2. The summed E-state index contributed by atoms with van der Waals surface area (Å²) in [6, 6.07) is 21.9. The van der Waals surface area contributed by atoms with Crippen LogP contribution in [0.4, 0.5) is 5.69 Å². The minimum Gasteiger partial charge on any atom is -0.481 e. The third-order valence-electron chi connectivity index (χ3n) is 7.57. The first-order valence-electron chi connectivity index (χ1n) is 15.4. The normalized spacial score (nSPS) is 15.4. The summed E-state index contributed by atoms with van der Waals surface area (Å²) in [7, 11) is 0. The molecule has 0 aliphatic carbocycles. The number of fused-ring (bicyclic) bond motifs is 1. The van der Waals surface area contributed by atoms with Gasteiger partial charge in [0, 0.05) is 47.7 Å². The largest absolute Gasteiger partial charge is 0.481 e. The van der Waals surface area contributed by atoms with Crippen LogP contribution in [0.3, 0.4) is 0 Å². The molecule has 0 bridgehead atoms. The number of nitrogens with one attached hydrogen (secondary N) is 3. The van der Waals surface area contributed by atoms with Gasteiger partial charge in [-0.25, -0.2) is 0 Å². The first-order valence-corrected chi connectivity index (χ1v) is 16.4. The number of carboxylic acid groups (broad SMARTS) is 1. The lowest BCUT2D eigenvalue weighted by Gasteiger charge is -2.29. The van der Waals surface area contributed by atoms with E-state index in [1.54, 1.807) is 24.0 Å². The monoisotopic (exact) mass is 646 g/mol. The summed E-state index contributed by atoms with van der Waals surface area (Å²) in [6.45, 7) is 6.36. The number of carbonyl (C=O) groups is 4. The molecule has 244 valence electrons. The Morgan fingerprint density at radius 1 is 1.02 bits per heavy atom. The summed E-state index contributed by atoms with van der Waals surface area (Å²) in [5, 5.41) is 27.4. The standard InChI is InChI=1S/C35H42N4O6S/c1-23(40)20-37-35(2,3)19-31(41)38-28-22-46-30-12-7-6-11-29(30)39(34(28)45)21-24-14-16-25(17-15-24)26-9-4-5-10-27(26)33(44)36-18-8-13-32(42)43/h4-7,9-12,14-17,23,28,37,40H,8,13,18-22H2,1-3H3,(H,36,44)(H,38,41)(H,42,43)/t23-,28-/m1/s1. The lowest BCUT2D eigenvalue weighted by atomic mass is 9.98. The number of carboxylic acids is 1. The van der Waals surface area contributed by atoms with Crippen molar-refractivity contribution in [1.82, 2.24) is 16.0 Å². The third kappa shape index (κ3) is 9.65. The van der Waals surface area contributed by atoms with Crippen molar-refractivity contribution >= 4 is 41.1 Å². The molecule has 5 N–H and O–H groups in total. The molecule has 0 saturated carbocycles. The number of aliphatic hydroxyl groups is 1. The molecule has 3 aromatic rings. The number of thioether (sulfide) groups is 1. The SMILES string of the molecule is C[C@@H](O)CNC(C)(C)CC(=O)N[C@@H]1CSc2ccccc2N(Cc2ccc(-c3ccccc3C(=O)NCCCC(=O)O)cc2)C1=O. The number of hydrogen-bond acceptors (Lipinski definition) is 7. The average molecular weight is 647 g/mol. The van der Waals surface area contributed by atoms with Crippen molar-refractivity contribution in [2.75, 3.05) is 23.7 Å². The number of hydrogen-bond donors (Lipinski definition) is 5. The predicted molar refractivity (Wildman–Crippen MR) is 180 cm³/mol. The van der Waals surface area contributed by atoms with Crippen molar-refractivity contribution in [3.05, 3.63) is 83.9 Å². The number of amides is 3. The van der Waals surface area contributed by atoms with Gasteiger partial charge in [-0.05, 0) is 62.1 Å². The highest BCUT2D eigenvalue weighted by Gasteiger charge is 2.33. The van der Waals surface area contributed by atoms with Crippen molar-refractivity contribution in [3.8, 4) is 11.1 Å². The van der Waals surface area contributed by atoms with E-state index in [4.69, 9.17) is 5.11 Å². The number of para-hydroxylation sites is 1. The van der Waals surface area contributed by atoms with Gasteiger partial charge in [0.05, 0.1) is 18.3 Å². The lowest BCUT2D eigenvalue weighted by Crippen LogP contribution is -2.52. The Hall–Kier alpha value is -4.19. The van der Waals surface area contributed by atoms with Gasteiger partial charge in [0.2, 0.25) is 5.91 Å². The van der Waals surface area contributed by atoms with Crippen LogP contribution in [0.25, 0.3) is 11.1 Å². The van der Waals surface area contributed by atoms with E-state index in [1.807, 2.05) is 74.5 Å². The van der Waals surface area contributed by atoms with Crippen LogP contribution in [0.15, 0.2) is 77.7 Å². The van der Waals surface area contributed by atoms with Crippen LogP contribution in [-0.2, 0) is 20.9 Å². The van der Waals surface area contributed by atoms with Crippen molar-refractivity contribution < 1.29 is 29.4 Å². The van der Waals surface area contributed by atoms with E-state index in [-0.39, 0.29) is 43.7 Å². The number of aliphatic carboxylic acids is 1. The molecule has 0 radical (unpaired) electrons. The molecule has 0 spiro atoms. The summed E-state index contributed by atoms with van der Waals surface area (Å²) < 4.78 is 0. The Balaban J connectivity index is 1.49. The van der Waals surface area contributed by atoms with E-state index >= 15 is 0 Å². The van der Waals surface area contributed by atoms with E-state index in [2.05, 4.69) is 16.0 Å². The van der Waals surface area contributed by atoms with E-state index in [1.165, 1.54) is 11.8 Å². The second-order valence-corrected chi connectivity index (χ2v) is 13.2. The number of carbonyl (C=O) groups excluding carboxylic acids is 3. The minimum atomic E-state index is -0.902. The second-order valence-electron chi connectivity index (χ2n) is 12.1. The van der Waals surface area contributed by atoms with E-state index in [9.17, 15) is 24.3 Å². The molecule has 0 aromatic heterocycles. The van der Waals surface area contributed by atoms with E-state index in [0.29, 0.717) is 24.3 Å². The van der Waals surface area contributed by atoms with Crippen LogP contribution in [0, 0.1) is 0 Å². The third-order valence-corrected chi connectivity index (χ3v) is 8.73. The maximum absolute atomic E-state index is 14.0. The summed E-state index contributed by atoms with van der Waals surface area (Å²) in [5.41, 5.74) is 3.15. The predicted octanol–water partition coefficient (Wildman–Crippen LogP) is 4.21. The molecule has 11 heteroatoms. The van der Waals surface area contributed by atoms with Crippen LogP contribution in [0.5, 0.6) is 0 Å². The smallest absolute Gasteiger partial charge is 0.303 e. The van der Waals surface area contributed by atoms with Crippen LogP contribution < -0.4 is 20.9 Å². The Morgan fingerprint density at radius 3 is 2.43 bits per heavy atom. The number of anilines is 1. The van der Waals surface area contributed by atoms with Gasteiger partial charge >= 0.3 is 5.97 Å². The summed E-state index contributed by atoms with van der Waals surface area (Å²) in [5.74, 6) is -1.23. The molecular formula is C35H42N4O6S. The second kappa shape index (κ2) is 15.9. The van der Waals surface area contributed by atoms with Crippen molar-refractivity contribution in [2.45, 2.75) is 69.2 Å². The van der Waals surface area contributed by atoms with Gasteiger partial charge in [-0.2, -0.15) is 0 Å². The maximum atomic E-state index is 14.0. The zero-order valence-corrected chi connectivity index (χ0v) is 27.2. The van der Waals surface area contributed by atoms with Gasteiger partial charge in [0.25, 0.3) is 11.8 Å². The molecule has 3 aromatic carbocycles. The van der Waals surface area contributed by atoms with Gasteiger partial charge in [-0.15, -0.1) is 11.8 Å². The van der Waals surface area contributed by atoms with Crippen LogP contribution >= 0.6 is 11.8 Å². The molecule has 0 saturated heterocycles. The van der Waals surface area contributed by atoms with Gasteiger partial charge < -0.3 is 31.1 Å². The Labute approximate surface area is 274 Å². The molecule has 10 nitrogen and oxygen atoms in total. The number of benzene rings is 3. The van der Waals surface area contributed by atoms with Crippen LogP contribution in [-0.4, -0.2) is 70.4 Å². The summed E-state index contributed by atoms with van der Waals surface area (Å²) >= 11 is 1.53. The lowest BCUT2D eigenvalue weighted by molar-refractivity contribution is -0.137. The quantitative estimate of drug-likeness (QED) is 0.164. The molecule has 3 amide bonds. The molecular weight excluding hydrogens is 604 g/mol. The molecule has 4 rings (SSSR count). The first-order chi connectivity index (χ1) is 21.9. The minimum absolute atomic E-state index is 0.0142. The van der Waals surface area contributed by atoms with Gasteiger partial charge in [-0.1, -0.05) is 54.6 Å². The van der Waals surface area contributed by atoms with E-state index in [0.717, 1.165) is 27.3 Å². The average Bonchev–Trinajstić information content (AvgIpc) is 3.14. The summed E-state index contributed by atoms with van der Waals surface area (Å²) in [6.07, 6.45) is -0.0675. The van der Waals surface area contributed by atoms with Gasteiger partial charge in [0.1, 0.15) is 6.04 Å². The Bertz CT molecular complexity index is 1540. The molecule has 0 fully saturated rings. The van der Waals surface area contributed by atoms with Gasteiger partial charge in [0.15, 0.2) is 0 Å². The summed E-state index contributed by atoms with van der Waals surface area (Å²) in [4.78, 5) is 53.4. The number of rotatable bonds is 14. The topological polar surface area (TPSA) is 148 Å². The highest BCUT2D eigenvalue weighted by molar-refractivity contribution is 7.99. The first kappa shape index (κ1) is 34.7. The maximum Gasteiger partial charge on any atom is 0.303 e. The van der Waals surface area contributed by atoms with Crippen molar-refractivity contribution in [3.63, 3.8) is 0 Å². The van der Waals surface area contributed by atoms with Crippen molar-refractivity contribution in [2.24, 2.45) is 0 Å². The molecule has 1 aliphatic heterocycles. The Kier molecular flexibility index (Phi) is 12.0. The molecule has 2 atom stereocenters. The fourth-order valence-electron chi connectivity index (χ4n) is 5.20. The molecule has 46 heavy (non-hydrogen) atoms. The molecule has 0 unspecified atom stereocenters. The zero-order valence-electron chi connectivity index (χ0n) is 26.4. The fraction of sp³-hybridized carbons (Fsp3) is 0.371. The van der Waals surface area contributed by atoms with E-state index < -0.39 is 23.7 Å². The fourth-order valence-corrected chi connectivity index (χ4v) is 6.27. The number of β-amino-alcohol motifs (C(OH)–C–C–N with tert-alkyl or cyclic N) is 1. The highest BCUT2D eigenvalue weighted by Crippen LogP contribution is 2.35. The van der Waals surface area contributed by atoms with Crippen molar-refractivity contribution in [1.29, 1.82) is 0 Å². The van der Waals surface area contributed by atoms with Crippen LogP contribution in [0.2, 0.25) is 0 Å². The van der Waals surface area contributed by atoms with Crippen LogP contribution in [0.1, 0.15) is 56.0 Å². The number of nitrogens with zero attached hydrogens (tertiary/aromatic N) is 1. The zero-order chi connectivity index (χ0) is 33.3. The molecule has 1 aliphatic rings. The number of aliphatic hydroxyl groups excluding tert-OH is 1. The van der Waals surface area contributed by atoms with Gasteiger partial charge in [-0.3, -0.25) is 19.2 Å². The molecule has 1 heterocycles.